The minimum Gasteiger partial charge on any atom is -0.370 e. The van der Waals surface area contributed by atoms with E-state index in [9.17, 15) is 13.6 Å². The predicted molar refractivity (Wildman–Crippen MR) is 120 cm³/mol. The number of pyridine rings is 2. The Balaban J connectivity index is 1.63. The quantitative estimate of drug-likeness (QED) is 0.512. The van der Waals surface area contributed by atoms with E-state index >= 15 is 0 Å². The third kappa shape index (κ3) is 4.07. The largest absolute Gasteiger partial charge is 0.370 e. The van der Waals surface area contributed by atoms with Crippen molar-refractivity contribution in [2.24, 2.45) is 0 Å². The molecule has 0 saturated carbocycles. The monoisotopic (exact) mass is 449 g/mol. The molecule has 0 bridgehead atoms. The summed E-state index contributed by atoms with van der Waals surface area (Å²) in [5.74, 6) is -0.531. The van der Waals surface area contributed by atoms with Crippen LogP contribution in [0.3, 0.4) is 0 Å². The Kier molecular flexibility index (Phi) is 5.33. The molecule has 33 heavy (non-hydrogen) atoms. The van der Waals surface area contributed by atoms with Gasteiger partial charge in [-0.05, 0) is 43.7 Å². The van der Waals surface area contributed by atoms with E-state index in [0.717, 1.165) is 23.4 Å². The number of ether oxygens (including phenoxy) is 1. The number of morpholine rings is 1. The lowest BCUT2D eigenvalue weighted by Gasteiger charge is -2.34. The van der Waals surface area contributed by atoms with Crippen LogP contribution in [0, 0.1) is 25.5 Å². The molecule has 0 spiro atoms. The van der Waals surface area contributed by atoms with Crippen molar-refractivity contribution in [2.45, 2.75) is 20.0 Å². The molecule has 4 heterocycles. The molecule has 4 aromatic rings. The summed E-state index contributed by atoms with van der Waals surface area (Å²) in [4.78, 5) is 30.8. The molecule has 1 aromatic carbocycles. The van der Waals surface area contributed by atoms with Gasteiger partial charge in [0, 0.05) is 42.7 Å². The van der Waals surface area contributed by atoms with Gasteiger partial charge in [-0.25, -0.2) is 18.7 Å². The average Bonchev–Trinajstić information content (AvgIpc) is 2.78. The van der Waals surface area contributed by atoms with Crippen molar-refractivity contribution < 1.29 is 13.5 Å². The van der Waals surface area contributed by atoms with Gasteiger partial charge in [-0.1, -0.05) is 0 Å². The van der Waals surface area contributed by atoms with Gasteiger partial charge < -0.3 is 14.6 Å². The Morgan fingerprint density at radius 1 is 1.12 bits per heavy atom. The topological polar surface area (TPSA) is 84.0 Å². The molecule has 1 aliphatic heterocycles. The van der Waals surface area contributed by atoms with Crippen LogP contribution in [-0.2, 0) is 4.74 Å². The molecule has 5 rings (SSSR count). The number of rotatable bonds is 3. The van der Waals surface area contributed by atoms with E-state index in [1.54, 1.807) is 19.2 Å². The second kappa shape index (κ2) is 8.32. The average molecular weight is 449 g/mol. The van der Waals surface area contributed by atoms with E-state index in [1.807, 2.05) is 24.0 Å². The van der Waals surface area contributed by atoms with Gasteiger partial charge in [-0.15, -0.1) is 0 Å². The molecular weight excluding hydrogens is 428 g/mol. The fourth-order valence-corrected chi connectivity index (χ4v) is 4.13. The maximum Gasteiger partial charge on any atom is 0.260 e. The van der Waals surface area contributed by atoms with Gasteiger partial charge in [-0.2, -0.15) is 0 Å². The van der Waals surface area contributed by atoms with Crippen molar-refractivity contribution in [1.29, 1.82) is 0 Å². The maximum absolute atomic E-state index is 14.7. The molecule has 0 amide bonds. The Morgan fingerprint density at radius 2 is 1.97 bits per heavy atom. The van der Waals surface area contributed by atoms with Crippen molar-refractivity contribution in [3.05, 3.63) is 81.7 Å². The van der Waals surface area contributed by atoms with Crippen molar-refractivity contribution in [3.63, 3.8) is 0 Å². The second-order valence-electron chi connectivity index (χ2n) is 8.03. The van der Waals surface area contributed by atoms with Gasteiger partial charge in [-0.3, -0.25) is 9.78 Å². The van der Waals surface area contributed by atoms with Gasteiger partial charge >= 0.3 is 0 Å². The highest BCUT2D eigenvalue weighted by molar-refractivity contribution is 5.93. The Morgan fingerprint density at radius 3 is 2.76 bits per heavy atom. The van der Waals surface area contributed by atoms with Gasteiger partial charge in [0.25, 0.3) is 5.56 Å². The van der Waals surface area contributed by atoms with E-state index in [4.69, 9.17) is 4.74 Å². The highest BCUT2D eigenvalue weighted by atomic mass is 19.1. The first-order valence-electron chi connectivity index (χ1n) is 10.6. The first-order chi connectivity index (χ1) is 15.9. The number of anilines is 1. The van der Waals surface area contributed by atoms with Crippen LogP contribution >= 0.6 is 0 Å². The fraction of sp³-hybridized carbons (Fsp3) is 0.250. The third-order valence-electron chi connectivity index (χ3n) is 5.66. The lowest BCUT2D eigenvalue weighted by atomic mass is 10.1. The first kappa shape index (κ1) is 21.1. The van der Waals surface area contributed by atoms with Crippen LogP contribution in [0.2, 0.25) is 0 Å². The summed E-state index contributed by atoms with van der Waals surface area (Å²) in [7, 11) is 0. The lowest BCUT2D eigenvalue weighted by molar-refractivity contribution is 0.0394. The molecule has 168 valence electrons. The Hall–Kier alpha value is -3.72. The number of halogens is 2. The summed E-state index contributed by atoms with van der Waals surface area (Å²) < 4.78 is 34.2. The van der Waals surface area contributed by atoms with Crippen molar-refractivity contribution in [1.82, 2.24) is 19.9 Å². The number of hydrogen-bond donors (Lipinski definition) is 1. The predicted octanol–water partition coefficient (Wildman–Crippen LogP) is 3.85. The van der Waals surface area contributed by atoms with Crippen molar-refractivity contribution >= 4 is 16.7 Å². The molecule has 1 fully saturated rings. The zero-order valence-electron chi connectivity index (χ0n) is 18.1. The van der Waals surface area contributed by atoms with Crippen molar-refractivity contribution in [2.75, 3.05) is 24.6 Å². The molecule has 3 aromatic heterocycles. The molecule has 1 aliphatic rings. The number of nitrogens with zero attached hydrogens (tertiary/aromatic N) is 4. The SMILES string of the molecule is Cc1cc(C2CN(c3cc4nc(C)[nH]c(=O)c4c(-c4ccc(F)cc4F)n3)CCO2)ccn1. The summed E-state index contributed by atoms with van der Waals surface area (Å²) in [6.45, 7) is 5.13. The molecule has 0 radical (unpaired) electrons. The molecule has 1 saturated heterocycles. The molecule has 1 unspecified atom stereocenters. The van der Waals surface area contributed by atoms with E-state index in [0.29, 0.717) is 36.9 Å². The summed E-state index contributed by atoms with van der Waals surface area (Å²) >= 11 is 0. The minimum atomic E-state index is -0.798. The zero-order valence-corrected chi connectivity index (χ0v) is 18.1. The summed E-state index contributed by atoms with van der Waals surface area (Å²) in [5, 5.41) is 0.157. The lowest BCUT2D eigenvalue weighted by Crippen LogP contribution is -2.39. The smallest absolute Gasteiger partial charge is 0.260 e. The second-order valence-corrected chi connectivity index (χ2v) is 8.03. The van der Waals surface area contributed by atoms with Gasteiger partial charge in [0.2, 0.25) is 0 Å². The maximum atomic E-state index is 14.7. The van der Waals surface area contributed by atoms with Gasteiger partial charge in [0.05, 0.1) is 23.2 Å². The molecule has 7 nitrogen and oxygen atoms in total. The molecule has 0 aliphatic carbocycles. The minimum absolute atomic E-state index is 0.0361. The summed E-state index contributed by atoms with van der Waals surface area (Å²) in [6, 6.07) is 8.83. The van der Waals surface area contributed by atoms with E-state index in [-0.39, 0.29) is 22.7 Å². The number of aryl methyl sites for hydroxylation is 2. The highest BCUT2D eigenvalue weighted by Crippen LogP contribution is 2.32. The summed E-state index contributed by atoms with van der Waals surface area (Å²) in [5.41, 5.74) is 2.02. The number of aromatic nitrogens is 4. The van der Waals surface area contributed by atoms with Crippen LogP contribution < -0.4 is 10.5 Å². The Labute approximate surface area is 188 Å². The van der Waals surface area contributed by atoms with Gasteiger partial charge in [0.1, 0.15) is 29.4 Å². The number of aromatic amines is 1. The normalized spacial score (nSPS) is 16.4. The number of hydrogen-bond acceptors (Lipinski definition) is 6. The molecule has 9 heteroatoms. The number of fused-ring (bicyclic) bond motifs is 1. The molecular formula is C24H21F2N5O2. The van der Waals surface area contributed by atoms with Crippen LogP contribution in [0.15, 0.2) is 47.4 Å². The Bertz CT molecular complexity index is 1420. The standard InChI is InChI=1S/C24H21F2N5O2/c1-13-9-15(5-6-27-13)20-12-31(7-8-33-20)21-11-19-22(24(32)29-14(2)28-19)23(30-21)17-4-3-16(25)10-18(17)26/h3-6,9-11,20H,7-8,12H2,1-2H3,(H,28,29,32). The molecule has 1 N–H and O–H groups in total. The molecule has 1 atom stereocenters. The van der Waals surface area contributed by atoms with Crippen LogP contribution in [0.4, 0.5) is 14.6 Å². The van der Waals surface area contributed by atoms with E-state index < -0.39 is 17.2 Å². The first-order valence-corrected chi connectivity index (χ1v) is 10.6. The zero-order chi connectivity index (χ0) is 23.1. The number of H-pyrrole nitrogens is 1. The van der Waals surface area contributed by atoms with Gasteiger partial charge in [0.15, 0.2) is 0 Å². The fourth-order valence-electron chi connectivity index (χ4n) is 4.13. The van der Waals surface area contributed by atoms with Crippen molar-refractivity contribution in [3.8, 4) is 11.3 Å². The van der Waals surface area contributed by atoms with E-state index in [2.05, 4.69) is 19.9 Å². The summed E-state index contributed by atoms with van der Waals surface area (Å²) in [6.07, 6.45) is 1.55. The van der Waals surface area contributed by atoms with Crippen LogP contribution in [-0.4, -0.2) is 39.6 Å². The van der Waals surface area contributed by atoms with Crippen LogP contribution in [0.1, 0.15) is 23.2 Å². The van der Waals surface area contributed by atoms with E-state index in [1.165, 1.54) is 6.07 Å². The number of benzene rings is 1. The van der Waals surface area contributed by atoms with Crippen LogP contribution in [0.5, 0.6) is 0 Å². The highest BCUT2D eigenvalue weighted by Gasteiger charge is 2.25. The number of nitrogens with one attached hydrogen (secondary N) is 1. The third-order valence-corrected chi connectivity index (χ3v) is 5.66. The van der Waals surface area contributed by atoms with Crippen LogP contribution in [0.25, 0.3) is 22.2 Å².